The van der Waals surface area contributed by atoms with Crippen molar-refractivity contribution in [1.82, 2.24) is 19.9 Å². The fourth-order valence-electron chi connectivity index (χ4n) is 3.01. The molecule has 0 spiro atoms. The van der Waals surface area contributed by atoms with E-state index in [1.807, 2.05) is 6.92 Å². The van der Waals surface area contributed by atoms with Gasteiger partial charge >= 0.3 is 5.97 Å². The number of halogens is 1. The molecule has 1 N–H and O–H groups in total. The minimum absolute atomic E-state index is 0.127. The molecule has 3 heterocycles. The molecule has 0 fully saturated rings. The van der Waals surface area contributed by atoms with E-state index < -0.39 is 5.97 Å². The summed E-state index contributed by atoms with van der Waals surface area (Å²) in [5.41, 5.74) is 2.20. The molecule has 0 aliphatic heterocycles. The van der Waals surface area contributed by atoms with Gasteiger partial charge in [0.2, 0.25) is 0 Å². The third kappa shape index (κ3) is 2.97. The third-order valence-electron chi connectivity index (χ3n) is 4.44. The molecule has 0 bridgehead atoms. The number of nitrogens with one attached hydrogen (secondary N) is 1. The number of ether oxygens (including phenoxy) is 1. The van der Waals surface area contributed by atoms with Gasteiger partial charge in [0.25, 0.3) is 5.91 Å². The molecule has 3 aromatic heterocycles. The van der Waals surface area contributed by atoms with Crippen LogP contribution in [0.15, 0.2) is 41.2 Å². The Morgan fingerprint density at radius 2 is 2.14 bits per heavy atom. The number of aromatic nitrogens is 3. The van der Waals surface area contributed by atoms with E-state index in [4.69, 9.17) is 20.8 Å². The molecule has 0 unspecified atom stereocenters. The van der Waals surface area contributed by atoms with E-state index in [-0.39, 0.29) is 18.0 Å². The second-order valence-electron chi connectivity index (χ2n) is 6.10. The highest BCUT2D eigenvalue weighted by atomic mass is 35.5. The highest BCUT2D eigenvalue weighted by Gasteiger charge is 2.20. The van der Waals surface area contributed by atoms with Crippen LogP contribution in [0.25, 0.3) is 16.6 Å². The quantitative estimate of drug-likeness (QED) is 0.530. The van der Waals surface area contributed by atoms with Crippen molar-refractivity contribution >= 4 is 40.1 Å². The predicted octanol–water partition coefficient (Wildman–Crippen LogP) is 3.15. The topological polar surface area (TPSA) is 98.7 Å². The monoisotopic (exact) mass is 398 g/mol. The highest BCUT2D eigenvalue weighted by Crippen LogP contribution is 2.31. The van der Waals surface area contributed by atoms with E-state index in [0.717, 1.165) is 5.56 Å². The molecule has 0 radical (unpaired) electrons. The molecule has 8 nitrogen and oxygen atoms in total. The number of carbonyl (C=O) groups is 2. The summed E-state index contributed by atoms with van der Waals surface area (Å²) >= 11 is 6.12. The van der Waals surface area contributed by atoms with Gasteiger partial charge in [-0.05, 0) is 25.1 Å². The lowest BCUT2D eigenvalue weighted by atomic mass is 10.1. The number of fused-ring (bicyclic) bond motifs is 2. The number of methoxy groups -OCH3 is 1. The molecule has 0 aliphatic rings. The van der Waals surface area contributed by atoms with Gasteiger partial charge in [-0.2, -0.15) is 5.10 Å². The third-order valence-corrected chi connectivity index (χ3v) is 4.66. The number of nitrogens with zero attached hydrogens (tertiary/aromatic N) is 3. The Hall–Kier alpha value is -3.39. The van der Waals surface area contributed by atoms with Gasteiger partial charge in [0, 0.05) is 28.4 Å². The number of hydrogen-bond acceptors (Lipinski definition) is 6. The van der Waals surface area contributed by atoms with Crippen LogP contribution in [0, 0.1) is 6.92 Å². The lowest BCUT2D eigenvalue weighted by Crippen LogP contribution is -2.22. The van der Waals surface area contributed by atoms with Gasteiger partial charge < -0.3 is 14.5 Å². The molecule has 0 atom stereocenters. The summed E-state index contributed by atoms with van der Waals surface area (Å²) in [5, 5.41) is 7.98. The molecule has 142 valence electrons. The van der Waals surface area contributed by atoms with Crippen LogP contribution < -0.4 is 5.32 Å². The van der Waals surface area contributed by atoms with Crippen molar-refractivity contribution in [2.24, 2.45) is 0 Å². The summed E-state index contributed by atoms with van der Waals surface area (Å²) < 4.78 is 12.2. The van der Waals surface area contributed by atoms with E-state index in [2.05, 4.69) is 15.4 Å². The first-order valence-corrected chi connectivity index (χ1v) is 8.73. The van der Waals surface area contributed by atoms with E-state index >= 15 is 0 Å². The molecule has 1 amide bonds. The standard InChI is InChI=1S/C19H15ClN4O4/c1-10-12-6-11(20)7-13(19(26)27-2)16(12)28-15(10)9-22-18(25)14-8-23-24-5-3-4-21-17(14)24/h3-8H,9H2,1-2H3,(H,22,25). The summed E-state index contributed by atoms with van der Waals surface area (Å²) in [5.74, 6) is -0.366. The van der Waals surface area contributed by atoms with Crippen LogP contribution in [-0.2, 0) is 11.3 Å². The zero-order chi connectivity index (χ0) is 19.8. The van der Waals surface area contributed by atoms with E-state index in [9.17, 15) is 9.59 Å². The zero-order valence-electron chi connectivity index (χ0n) is 15.0. The number of amides is 1. The fourth-order valence-corrected chi connectivity index (χ4v) is 3.22. The Balaban J connectivity index is 1.64. The minimum Gasteiger partial charge on any atom is -0.465 e. The van der Waals surface area contributed by atoms with Gasteiger partial charge in [0.1, 0.15) is 22.5 Å². The second kappa shape index (κ2) is 6.97. The van der Waals surface area contributed by atoms with Crippen molar-refractivity contribution in [3.05, 3.63) is 64.3 Å². The number of carbonyl (C=O) groups excluding carboxylic acids is 2. The summed E-state index contributed by atoms with van der Waals surface area (Å²) in [4.78, 5) is 28.7. The van der Waals surface area contributed by atoms with Crippen molar-refractivity contribution in [2.45, 2.75) is 13.5 Å². The van der Waals surface area contributed by atoms with Gasteiger partial charge in [0.15, 0.2) is 5.65 Å². The van der Waals surface area contributed by atoms with Gasteiger partial charge in [0.05, 0.1) is 19.9 Å². The molecule has 4 rings (SSSR count). The maximum absolute atomic E-state index is 12.6. The lowest BCUT2D eigenvalue weighted by molar-refractivity contribution is 0.0601. The van der Waals surface area contributed by atoms with Crippen LogP contribution in [0.4, 0.5) is 0 Å². The Labute approximate surface area is 164 Å². The van der Waals surface area contributed by atoms with E-state index in [1.54, 1.807) is 24.5 Å². The van der Waals surface area contributed by atoms with Crippen LogP contribution >= 0.6 is 11.6 Å². The molecule has 4 aromatic rings. The maximum atomic E-state index is 12.6. The van der Waals surface area contributed by atoms with Crippen molar-refractivity contribution in [1.29, 1.82) is 0 Å². The van der Waals surface area contributed by atoms with Gasteiger partial charge in [-0.25, -0.2) is 14.3 Å². The summed E-state index contributed by atoms with van der Waals surface area (Å²) in [6.07, 6.45) is 4.76. The molecule has 0 saturated heterocycles. The summed E-state index contributed by atoms with van der Waals surface area (Å²) in [6, 6.07) is 4.93. The molecule has 0 saturated carbocycles. The largest absolute Gasteiger partial charge is 0.465 e. The Kier molecular flexibility index (Phi) is 4.48. The van der Waals surface area contributed by atoms with E-state index in [1.165, 1.54) is 23.9 Å². The second-order valence-corrected chi connectivity index (χ2v) is 6.54. The minimum atomic E-state index is -0.547. The maximum Gasteiger partial charge on any atom is 0.341 e. The van der Waals surface area contributed by atoms with Crippen molar-refractivity contribution < 1.29 is 18.7 Å². The number of hydrogen-bond donors (Lipinski definition) is 1. The molecule has 9 heteroatoms. The highest BCUT2D eigenvalue weighted by molar-refractivity contribution is 6.32. The number of rotatable bonds is 4. The lowest BCUT2D eigenvalue weighted by Gasteiger charge is -2.02. The molecule has 28 heavy (non-hydrogen) atoms. The first kappa shape index (κ1) is 18.0. The van der Waals surface area contributed by atoms with Crippen LogP contribution in [0.5, 0.6) is 0 Å². The zero-order valence-corrected chi connectivity index (χ0v) is 15.8. The molecular weight excluding hydrogens is 384 g/mol. The molecular formula is C19H15ClN4O4. The van der Waals surface area contributed by atoms with Crippen LogP contribution in [0.1, 0.15) is 32.0 Å². The van der Waals surface area contributed by atoms with Crippen LogP contribution in [-0.4, -0.2) is 33.6 Å². The van der Waals surface area contributed by atoms with Crippen molar-refractivity contribution in [2.75, 3.05) is 7.11 Å². The van der Waals surface area contributed by atoms with E-state index in [0.29, 0.717) is 33.0 Å². The normalized spacial score (nSPS) is 11.1. The Bertz CT molecular complexity index is 1230. The smallest absolute Gasteiger partial charge is 0.341 e. The summed E-state index contributed by atoms with van der Waals surface area (Å²) in [6.45, 7) is 1.96. The number of benzene rings is 1. The average Bonchev–Trinajstić information content (AvgIpc) is 3.27. The van der Waals surface area contributed by atoms with Crippen LogP contribution in [0.3, 0.4) is 0 Å². The predicted molar refractivity (Wildman–Crippen MR) is 101 cm³/mol. The number of furan rings is 1. The summed E-state index contributed by atoms with van der Waals surface area (Å²) in [7, 11) is 1.29. The van der Waals surface area contributed by atoms with Crippen LogP contribution in [0.2, 0.25) is 5.02 Å². The van der Waals surface area contributed by atoms with Gasteiger partial charge in [-0.1, -0.05) is 11.6 Å². The Morgan fingerprint density at radius 1 is 1.32 bits per heavy atom. The molecule has 0 aliphatic carbocycles. The molecule has 1 aromatic carbocycles. The number of esters is 1. The SMILES string of the molecule is COC(=O)c1cc(Cl)cc2c(C)c(CNC(=O)c3cnn4cccnc34)oc12. The first-order chi connectivity index (χ1) is 13.5. The van der Waals surface area contributed by atoms with Crippen molar-refractivity contribution in [3.8, 4) is 0 Å². The fraction of sp³-hybridized carbons (Fsp3) is 0.158. The van der Waals surface area contributed by atoms with Gasteiger partial charge in [-0.3, -0.25) is 4.79 Å². The average molecular weight is 399 g/mol. The Morgan fingerprint density at radius 3 is 2.93 bits per heavy atom. The first-order valence-electron chi connectivity index (χ1n) is 8.36. The van der Waals surface area contributed by atoms with Gasteiger partial charge in [-0.15, -0.1) is 0 Å². The van der Waals surface area contributed by atoms with Crippen molar-refractivity contribution in [3.63, 3.8) is 0 Å². The number of aryl methyl sites for hydroxylation is 1.